The summed E-state index contributed by atoms with van der Waals surface area (Å²) in [6.07, 6.45) is 3.02. The predicted molar refractivity (Wildman–Crippen MR) is 93.6 cm³/mol. The van der Waals surface area contributed by atoms with E-state index in [1.165, 1.54) is 12.8 Å². The Morgan fingerprint density at radius 3 is 2.76 bits per heavy atom. The van der Waals surface area contributed by atoms with Gasteiger partial charge in [-0.25, -0.2) is 9.50 Å². The van der Waals surface area contributed by atoms with Crippen molar-refractivity contribution < 1.29 is 9.90 Å². The molecule has 7 nitrogen and oxygen atoms in total. The lowest BCUT2D eigenvalue weighted by molar-refractivity contribution is 0.0175. The van der Waals surface area contributed by atoms with Crippen molar-refractivity contribution in [3.63, 3.8) is 0 Å². The Morgan fingerprint density at radius 1 is 1.24 bits per heavy atom. The number of carbonyl (C=O) groups is 1. The summed E-state index contributed by atoms with van der Waals surface area (Å²) in [7, 11) is 0. The highest BCUT2D eigenvalue weighted by atomic mass is 16.3. The van der Waals surface area contributed by atoms with Gasteiger partial charge in [-0.3, -0.25) is 4.79 Å². The Balaban J connectivity index is 1.50. The first-order chi connectivity index (χ1) is 11.9. The highest BCUT2D eigenvalue weighted by molar-refractivity contribution is 5.93. The van der Waals surface area contributed by atoms with Gasteiger partial charge in [-0.2, -0.15) is 5.10 Å². The molecule has 2 aliphatic heterocycles. The molecular weight excluding hydrogens is 318 g/mol. The minimum Gasteiger partial charge on any atom is -0.387 e. The highest BCUT2D eigenvalue weighted by Gasteiger charge is 2.40. The molecule has 0 radical (unpaired) electrons. The number of aryl methyl sites for hydroxylation is 2. The summed E-state index contributed by atoms with van der Waals surface area (Å²) >= 11 is 0. The lowest BCUT2D eigenvalue weighted by Gasteiger charge is -2.28. The zero-order valence-electron chi connectivity index (χ0n) is 14.9. The quantitative estimate of drug-likeness (QED) is 0.901. The average Bonchev–Trinajstić information content (AvgIpc) is 3.26. The van der Waals surface area contributed by atoms with Crippen LogP contribution in [0.15, 0.2) is 12.1 Å². The summed E-state index contributed by atoms with van der Waals surface area (Å²) in [6.45, 7) is 7.58. The van der Waals surface area contributed by atoms with E-state index < -0.39 is 5.60 Å². The van der Waals surface area contributed by atoms with E-state index in [0.717, 1.165) is 24.5 Å². The molecule has 0 unspecified atom stereocenters. The van der Waals surface area contributed by atoms with Gasteiger partial charge in [0.15, 0.2) is 11.3 Å². The number of aromatic nitrogens is 3. The summed E-state index contributed by atoms with van der Waals surface area (Å²) in [5, 5.41) is 15.3. The molecule has 25 heavy (non-hydrogen) atoms. The van der Waals surface area contributed by atoms with Crippen LogP contribution in [0.3, 0.4) is 0 Å². The van der Waals surface area contributed by atoms with Crippen molar-refractivity contribution in [3.8, 4) is 0 Å². The van der Waals surface area contributed by atoms with Gasteiger partial charge in [0.1, 0.15) is 0 Å². The summed E-state index contributed by atoms with van der Waals surface area (Å²) in [5.74, 6) is -0.125. The van der Waals surface area contributed by atoms with E-state index in [2.05, 4.69) is 15.0 Å². The van der Waals surface area contributed by atoms with E-state index >= 15 is 0 Å². The molecule has 0 aliphatic carbocycles. The maximum absolute atomic E-state index is 12.8. The molecule has 0 saturated carbocycles. The standard InChI is InChI=1S/C18H25N5O2/c1-13-9-14(2)23-16(19-13)10-15(20-23)17(24)22-8-5-18(25,12-22)11-21-6-3-4-7-21/h9-10,25H,3-8,11-12H2,1-2H3/t18-/m1/s1. The summed E-state index contributed by atoms with van der Waals surface area (Å²) in [5.41, 5.74) is 2.14. The first kappa shape index (κ1) is 16.5. The molecule has 0 spiro atoms. The van der Waals surface area contributed by atoms with Crippen LogP contribution in [0.4, 0.5) is 0 Å². The van der Waals surface area contributed by atoms with Crippen molar-refractivity contribution >= 4 is 11.6 Å². The predicted octanol–water partition coefficient (Wildman–Crippen LogP) is 1.02. The van der Waals surface area contributed by atoms with Crippen LogP contribution in [0.5, 0.6) is 0 Å². The summed E-state index contributed by atoms with van der Waals surface area (Å²) < 4.78 is 1.70. The molecule has 7 heteroatoms. The number of hydrogen-bond acceptors (Lipinski definition) is 5. The SMILES string of the molecule is Cc1cc(C)n2nc(C(=O)N3CC[C@@](O)(CN4CCCC4)C3)cc2n1. The summed E-state index contributed by atoms with van der Waals surface area (Å²) in [4.78, 5) is 21.3. The molecule has 2 saturated heterocycles. The zero-order valence-corrected chi connectivity index (χ0v) is 14.9. The van der Waals surface area contributed by atoms with Crippen molar-refractivity contribution in [3.05, 3.63) is 29.2 Å². The highest BCUT2D eigenvalue weighted by Crippen LogP contribution is 2.25. The zero-order chi connectivity index (χ0) is 17.6. The van der Waals surface area contributed by atoms with E-state index in [0.29, 0.717) is 37.4 Å². The first-order valence-corrected chi connectivity index (χ1v) is 9.02. The Kier molecular flexibility index (Phi) is 4.00. The number of aliphatic hydroxyl groups is 1. The molecule has 4 heterocycles. The van der Waals surface area contributed by atoms with Crippen LogP contribution >= 0.6 is 0 Å². The molecule has 134 valence electrons. The minimum atomic E-state index is -0.802. The van der Waals surface area contributed by atoms with Crippen LogP contribution < -0.4 is 0 Å². The van der Waals surface area contributed by atoms with Gasteiger partial charge in [0.05, 0.1) is 12.1 Å². The van der Waals surface area contributed by atoms with Crippen molar-refractivity contribution in [2.45, 2.75) is 38.7 Å². The molecule has 0 bridgehead atoms. The Labute approximate surface area is 147 Å². The minimum absolute atomic E-state index is 0.125. The molecule has 2 fully saturated rings. The lowest BCUT2D eigenvalue weighted by Crippen LogP contribution is -2.45. The number of hydrogen-bond donors (Lipinski definition) is 1. The number of carbonyl (C=O) groups excluding carboxylic acids is 1. The van der Waals surface area contributed by atoms with Gasteiger partial charge in [-0.1, -0.05) is 0 Å². The van der Waals surface area contributed by atoms with Crippen molar-refractivity contribution in [2.24, 2.45) is 0 Å². The number of likely N-dealkylation sites (tertiary alicyclic amines) is 2. The third-order valence-corrected chi connectivity index (χ3v) is 5.29. The maximum atomic E-state index is 12.8. The summed E-state index contributed by atoms with van der Waals surface area (Å²) in [6, 6.07) is 3.68. The molecule has 4 rings (SSSR count). The number of β-amino-alcohol motifs (C(OH)–C–C–N with tert-alkyl or cyclic N) is 1. The first-order valence-electron chi connectivity index (χ1n) is 9.02. The van der Waals surface area contributed by atoms with Crippen LogP contribution in [0, 0.1) is 13.8 Å². The smallest absolute Gasteiger partial charge is 0.274 e. The van der Waals surface area contributed by atoms with E-state index in [1.807, 2.05) is 19.9 Å². The number of fused-ring (bicyclic) bond motifs is 1. The number of nitrogens with zero attached hydrogens (tertiary/aromatic N) is 5. The fourth-order valence-electron chi connectivity index (χ4n) is 4.07. The maximum Gasteiger partial charge on any atom is 0.274 e. The van der Waals surface area contributed by atoms with Crippen molar-refractivity contribution in [1.29, 1.82) is 0 Å². The Bertz CT molecular complexity index is 811. The largest absolute Gasteiger partial charge is 0.387 e. The van der Waals surface area contributed by atoms with E-state index in [1.54, 1.807) is 15.5 Å². The van der Waals surface area contributed by atoms with Crippen molar-refractivity contribution in [1.82, 2.24) is 24.4 Å². The van der Waals surface area contributed by atoms with Crippen molar-refractivity contribution in [2.75, 3.05) is 32.7 Å². The number of rotatable bonds is 3. The lowest BCUT2D eigenvalue weighted by atomic mass is 10.0. The van der Waals surface area contributed by atoms with Crippen LogP contribution in [-0.2, 0) is 0 Å². The molecular formula is C18H25N5O2. The van der Waals surface area contributed by atoms with Crippen LogP contribution in [-0.4, -0.2) is 73.7 Å². The third kappa shape index (κ3) is 3.14. The van der Waals surface area contributed by atoms with E-state index in [-0.39, 0.29) is 5.91 Å². The fraction of sp³-hybridized carbons (Fsp3) is 0.611. The van der Waals surface area contributed by atoms with Gasteiger partial charge >= 0.3 is 0 Å². The monoisotopic (exact) mass is 343 g/mol. The average molecular weight is 343 g/mol. The van der Waals surface area contributed by atoms with Crippen LogP contribution in [0.25, 0.3) is 5.65 Å². The fourth-order valence-corrected chi connectivity index (χ4v) is 4.07. The normalized spacial score (nSPS) is 24.5. The van der Waals surface area contributed by atoms with E-state index in [4.69, 9.17) is 0 Å². The van der Waals surface area contributed by atoms with Crippen LogP contribution in [0.1, 0.15) is 41.1 Å². The van der Waals surface area contributed by atoms with Gasteiger partial charge in [-0.05, 0) is 52.3 Å². The van der Waals surface area contributed by atoms with Gasteiger partial charge in [0, 0.05) is 30.5 Å². The van der Waals surface area contributed by atoms with Crippen LogP contribution in [0.2, 0.25) is 0 Å². The second-order valence-corrected chi connectivity index (χ2v) is 7.52. The topological polar surface area (TPSA) is 74.0 Å². The molecule has 1 atom stereocenters. The molecule has 1 N–H and O–H groups in total. The van der Waals surface area contributed by atoms with Gasteiger partial charge in [-0.15, -0.1) is 0 Å². The molecule has 2 aromatic rings. The van der Waals surface area contributed by atoms with Gasteiger partial charge in [0.2, 0.25) is 0 Å². The molecule has 0 aromatic carbocycles. The molecule has 2 aromatic heterocycles. The van der Waals surface area contributed by atoms with Gasteiger partial charge < -0.3 is 14.9 Å². The number of amides is 1. The molecule has 1 amide bonds. The van der Waals surface area contributed by atoms with E-state index in [9.17, 15) is 9.90 Å². The molecule has 2 aliphatic rings. The second kappa shape index (κ2) is 6.07. The third-order valence-electron chi connectivity index (χ3n) is 5.29. The Morgan fingerprint density at radius 2 is 2.00 bits per heavy atom. The second-order valence-electron chi connectivity index (χ2n) is 7.52. The Hall–Kier alpha value is -1.99. The van der Waals surface area contributed by atoms with Gasteiger partial charge in [0.25, 0.3) is 5.91 Å².